The van der Waals surface area contributed by atoms with Gasteiger partial charge in [0.25, 0.3) is 0 Å². The molecule has 23 heavy (non-hydrogen) atoms. The Bertz CT molecular complexity index is 1040. The van der Waals surface area contributed by atoms with Gasteiger partial charge >= 0.3 is 0 Å². The molecule has 0 aliphatic heterocycles. The summed E-state index contributed by atoms with van der Waals surface area (Å²) >= 11 is 12.8. The van der Waals surface area contributed by atoms with Crippen molar-refractivity contribution in [2.45, 2.75) is 26.3 Å². The molecular weight excluding hydrogens is 329 g/mol. The number of hydrogen-bond donors (Lipinski definition) is 0. The molecule has 0 saturated carbocycles. The van der Waals surface area contributed by atoms with E-state index in [1.165, 1.54) is 0 Å². The highest BCUT2D eigenvalue weighted by Gasteiger charge is 2.14. The second-order valence-electron chi connectivity index (χ2n) is 5.71. The maximum absolute atomic E-state index is 6.69. The summed E-state index contributed by atoms with van der Waals surface area (Å²) in [6.07, 6.45) is 4.18. The van der Waals surface area contributed by atoms with E-state index < -0.39 is 0 Å². The van der Waals surface area contributed by atoms with Crippen molar-refractivity contribution in [1.82, 2.24) is 14.5 Å². The number of unbranched alkanes of at least 4 members (excludes halogenated alkanes) is 1. The maximum atomic E-state index is 6.69. The second kappa shape index (κ2) is 5.66. The molecule has 2 aromatic carbocycles. The minimum atomic E-state index is 0.658. The Morgan fingerprint density at radius 2 is 1.96 bits per heavy atom. The van der Waals surface area contributed by atoms with E-state index in [-0.39, 0.29) is 0 Å². The summed E-state index contributed by atoms with van der Waals surface area (Å²) in [5, 5.41) is 3.16. The molecule has 3 nitrogen and oxygen atoms in total. The predicted octanol–water partition coefficient (Wildman–Crippen LogP) is 5.84. The normalized spacial score (nSPS) is 11.8. The molecule has 4 rings (SSSR count). The van der Waals surface area contributed by atoms with E-state index in [4.69, 9.17) is 28.2 Å². The van der Waals surface area contributed by atoms with Crippen LogP contribution in [0.15, 0.2) is 36.7 Å². The molecular formula is C18H15Cl2N3. The van der Waals surface area contributed by atoms with E-state index in [1.54, 1.807) is 0 Å². The third-order valence-corrected chi connectivity index (χ3v) is 4.81. The molecule has 0 amide bonds. The van der Waals surface area contributed by atoms with Gasteiger partial charge in [-0.3, -0.25) is 0 Å². The summed E-state index contributed by atoms with van der Waals surface area (Å²) < 4.78 is 2.18. The molecule has 0 saturated heterocycles. The zero-order valence-electron chi connectivity index (χ0n) is 12.7. The molecule has 2 heterocycles. The van der Waals surface area contributed by atoms with Crippen LogP contribution in [0.5, 0.6) is 0 Å². The van der Waals surface area contributed by atoms with E-state index >= 15 is 0 Å². The molecule has 116 valence electrons. The Balaban J connectivity index is 2.05. The van der Waals surface area contributed by atoms with Gasteiger partial charge in [-0.25, -0.2) is 9.97 Å². The molecule has 0 radical (unpaired) electrons. The zero-order valence-corrected chi connectivity index (χ0v) is 14.2. The summed E-state index contributed by atoms with van der Waals surface area (Å²) in [5.74, 6) is 0. The van der Waals surface area contributed by atoms with Crippen molar-refractivity contribution in [2.24, 2.45) is 0 Å². The molecule has 0 unspecified atom stereocenters. The van der Waals surface area contributed by atoms with E-state index in [9.17, 15) is 0 Å². The first-order valence-corrected chi connectivity index (χ1v) is 8.47. The molecule has 0 fully saturated rings. The van der Waals surface area contributed by atoms with Crippen LogP contribution in [0, 0.1) is 0 Å². The van der Waals surface area contributed by atoms with Gasteiger partial charge in [-0.1, -0.05) is 36.5 Å². The number of benzene rings is 2. The highest BCUT2D eigenvalue weighted by atomic mass is 35.5. The van der Waals surface area contributed by atoms with Gasteiger partial charge in [0.15, 0.2) is 0 Å². The van der Waals surface area contributed by atoms with Crippen LogP contribution in [0.1, 0.15) is 19.8 Å². The van der Waals surface area contributed by atoms with Crippen LogP contribution in [0.25, 0.3) is 32.8 Å². The van der Waals surface area contributed by atoms with Crippen LogP contribution in [0.3, 0.4) is 0 Å². The summed E-state index contributed by atoms with van der Waals surface area (Å²) in [4.78, 5) is 9.30. The second-order valence-corrected chi connectivity index (χ2v) is 6.52. The standard InChI is InChI=1S/C18H15Cl2N3/c1-2-3-8-23-10-21-18-15(23)7-6-13-16(18)17(20)12-5-4-11(19)9-14(12)22-13/h4-7,9-10H,2-3,8H2,1H3. The van der Waals surface area contributed by atoms with Crippen molar-refractivity contribution in [1.29, 1.82) is 0 Å². The number of aromatic nitrogens is 3. The van der Waals surface area contributed by atoms with Crippen molar-refractivity contribution >= 4 is 56.0 Å². The van der Waals surface area contributed by atoms with Gasteiger partial charge in [0.05, 0.1) is 33.4 Å². The number of aryl methyl sites for hydroxylation is 1. The SMILES string of the molecule is CCCCn1cnc2c3c(Cl)c4ccc(Cl)cc4nc3ccc21. The molecule has 0 N–H and O–H groups in total. The van der Waals surface area contributed by atoms with Gasteiger partial charge in [-0.05, 0) is 36.8 Å². The van der Waals surface area contributed by atoms with Gasteiger partial charge in [0.1, 0.15) is 0 Å². The third-order valence-electron chi connectivity index (χ3n) is 4.18. The Hall–Kier alpha value is -1.84. The number of halogens is 2. The number of nitrogens with zero attached hydrogens (tertiary/aromatic N) is 3. The van der Waals surface area contributed by atoms with Crippen molar-refractivity contribution in [2.75, 3.05) is 0 Å². The predicted molar refractivity (Wildman–Crippen MR) is 97.5 cm³/mol. The highest BCUT2D eigenvalue weighted by Crippen LogP contribution is 2.35. The lowest BCUT2D eigenvalue weighted by molar-refractivity contribution is 0.646. The number of pyridine rings is 1. The lowest BCUT2D eigenvalue weighted by Crippen LogP contribution is -1.95. The number of hydrogen-bond acceptors (Lipinski definition) is 2. The quantitative estimate of drug-likeness (QED) is 0.437. The minimum Gasteiger partial charge on any atom is -0.331 e. The fourth-order valence-electron chi connectivity index (χ4n) is 2.99. The molecule has 0 spiro atoms. The highest BCUT2D eigenvalue weighted by molar-refractivity contribution is 6.42. The number of rotatable bonds is 3. The fraction of sp³-hybridized carbons (Fsp3) is 0.222. The van der Waals surface area contributed by atoms with Gasteiger partial charge < -0.3 is 4.57 Å². The molecule has 0 atom stereocenters. The first-order valence-electron chi connectivity index (χ1n) is 7.71. The van der Waals surface area contributed by atoms with E-state index in [0.717, 1.165) is 52.2 Å². The fourth-order valence-corrected chi connectivity index (χ4v) is 3.50. The first kappa shape index (κ1) is 14.7. The van der Waals surface area contributed by atoms with Crippen molar-refractivity contribution in [3.63, 3.8) is 0 Å². The lowest BCUT2D eigenvalue weighted by atomic mass is 10.1. The smallest absolute Gasteiger partial charge is 0.0993 e. The summed E-state index contributed by atoms with van der Waals surface area (Å²) in [5.41, 5.74) is 3.66. The monoisotopic (exact) mass is 343 g/mol. The van der Waals surface area contributed by atoms with E-state index in [0.29, 0.717) is 10.0 Å². The van der Waals surface area contributed by atoms with Crippen molar-refractivity contribution in [3.8, 4) is 0 Å². The molecule has 0 bridgehead atoms. The molecule has 5 heteroatoms. The van der Waals surface area contributed by atoms with Crippen LogP contribution in [-0.2, 0) is 6.54 Å². The molecule has 2 aromatic heterocycles. The average Bonchev–Trinajstić information content (AvgIpc) is 2.95. The number of imidazole rings is 1. The van der Waals surface area contributed by atoms with E-state index in [1.807, 2.05) is 30.6 Å². The Kier molecular flexibility index (Phi) is 3.63. The van der Waals surface area contributed by atoms with Crippen LogP contribution in [0.4, 0.5) is 0 Å². The largest absolute Gasteiger partial charge is 0.331 e. The summed E-state index contributed by atoms with van der Waals surface area (Å²) in [6.45, 7) is 3.15. The number of fused-ring (bicyclic) bond motifs is 4. The summed E-state index contributed by atoms with van der Waals surface area (Å²) in [6, 6.07) is 9.67. The average molecular weight is 344 g/mol. The third kappa shape index (κ3) is 2.35. The van der Waals surface area contributed by atoms with E-state index in [2.05, 4.69) is 22.5 Å². The molecule has 0 aliphatic rings. The van der Waals surface area contributed by atoms with Crippen LogP contribution in [0.2, 0.25) is 10.0 Å². The van der Waals surface area contributed by atoms with Crippen molar-refractivity contribution < 1.29 is 0 Å². The molecule has 0 aliphatic carbocycles. The van der Waals surface area contributed by atoms with Gasteiger partial charge in [-0.2, -0.15) is 0 Å². The maximum Gasteiger partial charge on any atom is 0.0993 e. The first-order chi connectivity index (χ1) is 11.2. The zero-order chi connectivity index (χ0) is 16.0. The topological polar surface area (TPSA) is 30.7 Å². The van der Waals surface area contributed by atoms with Crippen LogP contribution in [-0.4, -0.2) is 14.5 Å². The summed E-state index contributed by atoms with van der Waals surface area (Å²) in [7, 11) is 0. The van der Waals surface area contributed by atoms with Crippen molar-refractivity contribution in [3.05, 3.63) is 46.7 Å². The Labute approximate surface area is 143 Å². The Morgan fingerprint density at radius 3 is 2.78 bits per heavy atom. The van der Waals surface area contributed by atoms with Crippen LogP contribution < -0.4 is 0 Å². The van der Waals surface area contributed by atoms with Gasteiger partial charge in [-0.15, -0.1) is 0 Å². The Morgan fingerprint density at radius 1 is 1.09 bits per heavy atom. The van der Waals surface area contributed by atoms with Crippen LogP contribution >= 0.6 is 23.2 Å². The lowest BCUT2D eigenvalue weighted by Gasteiger charge is -2.08. The van der Waals surface area contributed by atoms with Gasteiger partial charge in [0, 0.05) is 22.3 Å². The van der Waals surface area contributed by atoms with Gasteiger partial charge in [0.2, 0.25) is 0 Å². The minimum absolute atomic E-state index is 0.658. The molecule has 4 aromatic rings.